The zero-order chi connectivity index (χ0) is 25.2. The molecule has 2 aliphatic rings. The molecule has 186 valence electrons. The Morgan fingerprint density at radius 1 is 0.811 bits per heavy atom. The number of anilines is 3. The van der Waals surface area contributed by atoms with E-state index in [2.05, 4.69) is 75.8 Å². The Hall–Kier alpha value is -3.56. The summed E-state index contributed by atoms with van der Waals surface area (Å²) in [7, 11) is 0. The van der Waals surface area contributed by atoms with Crippen molar-refractivity contribution in [3.05, 3.63) is 103 Å². The second kappa shape index (κ2) is 10.1. The van der Waals surface area contributed by atoms with E-state index in [0.717, 1.165) is 53.2 Å². The van der Waals surface area contributed by atoms with Crippen LogP contribution in [0.1, 0.15) is 23.2 Å². The summed E-state index contributed by atoms with van der Waals surface area (Å²) in [6.45, 7) is 4.23. The summed E-state index contributed by atoms with van der Waals surface area (Å²) < 4.78 is 1.09. The Morgan fingerprint density at radius 3 is 2.24 bits per heavy atom. The third-order valence-corrected chi connectivity index (χ3v) is 8.80. The van der Waals surface area contributed by atoms with Crippen molar-refractivity contribution in [3.63, 3.8) is 0 Å². The van der Waals surface area contributed by atoms with Gasteiger partial charge in [0, 0.05) is 12.2 Å². The molecule has 4 aromatic rings. The molecule has 2 saturated heterocycles. The van der Waals surface area contributed by atoms with Crippen molar-refractivity contribution < 1.29 is 4.79 Å². The standard InChI is InChI=1S/C31H31AsN4O/c32-27-13-11-24(23-7-3-1-4-8-23)19-28(27)34-30(37)25-12-14-29(33-20-25)36-18-16-31(22-36)15-17-35(21-31)26-9-5-2-6-10-26/h1-14,19-20H,15-18,21-22,32H2,(H,34,37). The van der Waals surface area contributed by atoms with Crippen molar-refractivity contribution in [1.82, 2.24) is 4.98 Å². The molecular weight excluding hydrogens is 519 g/mol. The molecule has 0 saturated carbocycles. The fraction of sp³-hybridized carbons (Fsp3) is 0.226. The van der Waals surface area contributed by atoms with Crippen LogP contribution in [0.5, 0.6) is 0 Å². The van der Waals surface area contributed by atoms with Gasteiger partial charge in [-0.1, -0.05) is 18.2 Å². The molecular formula is C31H31AsN4O. The maximum atomic E-state index is 13.1. The van der Waals surface area contributed by atoms with E-state index in [1.807, 2.05) is 30.3 Å². The number of carbonyl (C=O) groups excluding carboxylic acids is 1. The molecule has 1 aromatic heterocycles. The number of para-hydroxylation sites is 1. The molecule has 6 heteroatoms. The Bertz CT molecular complexity index is 1390. The predicted molar refractivity (Wildman–Crippen MR) is 155 cm³/mol. The predicted octanol–water partition coefficient (Wildman–Crippen LogP) is 4.37. The molecule has 2 fully saturated rings. The van der Waals surface area contributed by atoms with Crippen LogP contribution >= 0.6 is 0 Å². The summed E-state index contributed by atoms with van der Waals surface area (Å²) in [5.41, 5.74) is 5.28. The first-order valence-corrected chi connectivity index (χ1v) is 14.1. The quantitative estimate of drug-likeness (QED) is 0.375. The first-order valence-electron chi connectivity index (χ1n) is 12.9. The van der Waals surface area contributed by atoms with Crippen LogP contribution in [0.25, 0.3) is 11.1 Å². The molecule has 1 spiro atoms. The van der Waals surface area contributed by atoms with E-state index in [-0.39, 0.29) is 5.91 Å². The second-order valence-electron chi connectivity index (χ2n) is 10.2. The number of aromatic nitrogens is 1. The minimum absolute atomic E-state index is 0.129. The fourth-order valence-corrected chi connectivity index (χ4v) is 6.16. The number of carbonyl (C=O) groups is 1. The molecule has 0 bridgehead atoms. The van der Waals surface area contributed by atoms with Gasteiger partial charge in [0.1, 0.15) is 0 Å². The Kier molecular flexibility index (Phi) is 6.48. The summed E-state index contributed by atoms with van der Waals surface area (Å²) in [6, 6.07) is 31.1. The molecule has 3 aromatic carbocycles. The SMILES string of the molecule is O=C(Nc1cc(-c2ccccc2)ccc1[AsH2])c1ccc(N2CCC3(CCN(c4ccccc4)C3)C2)nc1. The van der Waals surface area contributed by atoms with Gasteiger partial charge in [-0.2, -0.15) is 0 Å². The molecule has 6 rings (SSSR count). The van der Waals surface area contributed by atoms with Crippen molar-refractivity contribution in [2.24, 2.45) is 5.41 Å². The molecule has 3 heterocycles. The van der Waals surface area contributed by atoms with E-state index >= 15 is 0 Å². The van der Waals surface area contributed by atoms with Crippen molar-refractivity contribution in [2.75, 3.05) is 41.3 Å². The molecule has 5 nitrogen and oxygen atoms in total. The average molecular weight is 551 g/mol. The number of amides is 1. The Labute approximate surface area is 227 Å². The van der Waals surface area contributed by atoms with Crippen molar-refractivity contribution in [1.29, 1.82) is 0 Å². The fourth-order valence-electron chi connectivity index (χ4n) is 5.63. The molecule has 1 amide bonds. The van der Waals surface area contributed by atoms with Gasteiger partial charge >= 0.3 is 180 Å². The summed E-state index contributed by atoms with van der Waals surface area (Å²) in [4.78, 5) is 22.7. The number of pyridine rings is 1. The van der Waals surface area contributed by atoms with Gasteiger partial charge in [0.15, 0.2) is 0 Å². The van der Waals surface area contributed by atoms with Gasteiger partial charge in [0.2, 0.25) is 0 Å². The maximum absolute atomic E-state index is 13.1. The average Bonchev–Trinajstić information content (AvgIpc) is 3.57. The van der Waals surface area contributed by atoms with Crippen LogP contribution in [-0.4, -0.2) is 53.9 Å². The first kappa shape index (κ1) is 23.8. The van der Waals surface area contributed by atoms with Crippen LogP contribution in [-0.2, 0) is 0 Å². The summed E-state index contributed by atoms with van der Waals surface area (Å²) >= 11 is 1.49. The van der Waals surface area contributed by atoms with Gasteiger partial charge in [-0.15, -0.1) is 0 Å². The number of rotatable bonds is 5. The van der Waals surface area contributed by atoms with Gasteiger partial charge in [-0.3, -0.25) is 0 Å². The zero-order valence-corrected chi connectivity index (χ0v) is 23.2. The van der Waals surface area contributed by atoms with Gasteiger partial charge in [-0.25, -0.2) is 0 Å². The Morgan fingerprint density at radius 2 is 1.51 bits per heavy atom. The number of hydrogen-bond donors (Lipinski definition) is 1. The zero-order valence-electron chi connectivity index (χ0n) is 20.8. The summed E-state index contributed by atoms with van der Waals surface area (Å²) in [5, 5.41) is 3.10. The molecule has 2 unspecified atom stereocenters. The van der Waals surface area contributed by atoms with Gasteiger partial charge in [0.05, 0.1) is 0 Å². The Balaban J connectivity index is 1.11. The van der Waals surface area contributed by atoms with Crippen molar-refractivity contribution in [3.8, 4) is 11.1 Å². The van der Waals surface area contributed by atoms with Crippen LogP contribution < -0.4 is 19.5 Å². The van der Waals surface area contributed by atoms with Crippen LogP contribution in [0.15, 0.2) is 97.2 Å². The first-order chi connectivity index (χ1) is 18.1. The molecule has 2 atom stereocenters. The third-order valence-electron chi connectivity index (χ3n) is 7.74. The van der Waals surface area contributed by atoms with Crippen LogP contribution in [0, 0.1) is 5.41 Å². The topological polar surface area (TPSA) is 48.5 Å². The van der Waals surface area contributed by atoms with E-state index in [1.54, 1.807) is 6.20 Å². The molecule has 1 N–H and O–H groups in total. The third kappa shape index (κ3) is 5.01. The molecule has 2 aliphatic heterocycles. The normalized spacial score (nSPS) is 18.9. The van der Waals surface area contributed by atoms with E-state index in [4.69, 9.17) is 4.98 Å². The summed E-state index contributed by atoms with van der Waals surface area (Å²) in [5.74, 6) is 0.826. The molecule has 37 heavy (non-hydrogen) atoms. The van der Waals surface area contributed by atoms with E-state index in [1.165, 1.54) is 35.4 Å². The number of nitrogens with one attached hydrogen (secondary N) is 1. The summed E-state index contributed by atoms with van der Waals surface area (Å²) in [6.07, 6.45) is 4.10. The minimum atomic E-state index is -0.129. The second-order valence-corrected chi connectivity index (χ2v) is 11.5. The van der Waals surface area contributed by atoms with E-state index < -0.39 is 0 Å². The van der Waals surface area contributed by atoms with E-state index in [0.29, 0.717) is 11.0 Å². The van der Waals surface area contributed by atoms with Gasteiger partial charge in [-0.05, 0) is 12.1 Å². The number of benzene rings is 3. The number of hydrogen-bond acceptors (Lipinski definition) is 4. The van der Waals surface area contributed by atoms with Crippen molar-refractivity contribution in [2.45, 2.75) is 12.8 Å². The molecule has 0 aliphatic carbocycles. The van der Waals surface area contributed by atoms with Crippen LogP contribution in [0.2, 0.25) is 0 Å². The monoisotopic (exact) mass is 550 g/mol. The molecule has 0 radical (unpaired) electrons. The van der Waals surface area contributed by atoms with E-state index in [9.17, 15) is 4.79 Å². The van der Waals surface area contributed by atoms with Crippen LogP contribution in [0.4, 0.5) is 17.2 Å². The number of nitrogens with zero attached hydrogens (tertiary/aromatic N) is 3. The van der Waals surface area contributed by atoms with Gasteiger partial charge in [0.25, 0.3) is 0 Å². The van der Waals surface area contributed by atoms with Gasteiger partial charge < -0.3 is 4.90 Å². The van der Waals surface area contributed by atoms with Crippen molar-refractivity contribution >= 4 is 44.3 Å². The van der Waals surface area contributed by atoms with Crippen LogP contribution in [0.3, 0.4) is 0 Å².